The van der Waals surface area contributed by atoms with Crippen LogP contribution in [0.25, 0.3) is 10.8 Å². The van der Waals surface area contributed by atoms with Gasteiger partial charge in [0.15, 0.2) is 0 Å². The Kier molecular flexibility index (Phi) is 6.86. The van der Waals surface area contributed by atoms with Gasteiger partial charge < -0.3 is 15.5 Å². The zero-order chi connectivity index (χ0) is 22.9. The maximum atomic E-state index is 13.0. The zero-order valence-electron chi connectivity index (χ0n) is 18.9. The number of carbonyl (C=O) groups is 3. The van der Waals surface area contributed by atoms with Gasteiger partial charge in [0.2, 0.25) is 17.7 Å². The first-order chi connectivity index (χ1) is 16.0. The number of hydrogen-bond donors (Lipinski definition) is 2. The smallest absolute Gasteiger partial charge is 0.241 e. The lowest BCUT2D eigenvalue weighted by Gasteiger charge is -2.28. The molecular weight excluding hydrogens is 452 g/mol. The molecule has 3 amide bonds. The van der Waals surface area contributed by atoms with Crippen LogP contribution in [0.3, 0.4) is 0 Å². The van der Waals surface area contributed by atoms with Crippen molar-refractivity contribution in [2.75, 3.05) is 35.7 Å². The van der Waals surface area contributed by atoms with E-state index in [0.29, 0.717) is 22.7 Å². The fraction of sp³-hybridized carbons (Fsp3) is 0.269. The van der Waals surface area contributed by atoms with E-state index in [-0.39, 0.29) is 42.5 Å². The molecule has 0 radical (unpaired) electrons. The number of carbonyl (C=O) groups excluding carboxylic acids is 3. The van der Waals surface area contributed by atoms with Gasteiger partial charge in [0.25, 0.3) is 0 Å². The summed E-state index contributed by atoms with van der Waals surface area (Å²) in [6, 6.07) is 18.8. The van der Waals surface area contributed by atoms with Gasteiger partial charge in [0.1, 0.15) is 6.42 Å². The Balaban J connectivity index is 0.00000274. The highest BCUT2D eigenvalue weighted by atomic mass is 35.5. The van der Waals surface area contributed by atoms with Crippen molar-refractivity contribution in [3.05, 3.63) is 60.7 Å². The molecule has 176 valence electrons. The number of piperidine rings is 1. The van der Waals surface area contributed by atoms with Gasteiger partial charge in [-0.1, -0.05) is 30.3 Å². The highest BCUT2D eigenvalue weighted by Gasteiger charge is 2.29. The summed E-state index contributed by atoms with van der Waals surface area (Å²) in [4.78, 5) is 41.9. The van der Waals surface area contributed by atoms with E-state index < -0.39 is 0 Å². The Morgan fingerprint density at radius 3 is 2.41 bits per heavy atom. The summed E-state index contributed by atoms with van der Waals surface area (Å²) in [5.74, 6) is -0.578. The average Bonchev–Trinajstić information content (AvgIpc) is 2.94. The minimum absolute atomic E-state index is 0. The fourth-order valence-corrected chi connectivity index (χ4v) is 4.60. The number of fused-ring (bicyclic) bond motifs is 3. The first-order valence-corrected chi connectivity index (χ1v) is 11.2. The van der Waals surface area contributed by atoms with Gasteiger partial charge in [-0.05, 0) is 68.7 Å². The van der Waals surface area contributed by atoms with Crippen molar-refractivity contribution in [1.29, 1.82) is 0 Å². The molecule has 8 heteroatoms. The number of nitrogens with one attached hydrogen (secondary N) is 2. The van der Waals surface area contributed by atoms with E-state index >= 15 is 0 Å². The van der Waals surface area contributed by atoms with Crippen molar-refractivity contribution >= 4 is 63.7 Å². The molecule has 34 heavy (non-hydrogen) atoms. The minimum Gasteiger partial charge on any atom is -0.326 e. The van der Waals surface area contributed by atoms with E-state index in [1.165, 1.54) is 0 Å². The highest BCUT2D eigenvalue weighted by Crippen LogP contribution is 2.40. The van der Waals surface area contributed by atoms with Gasteiger partial charge in [-0.15, -0.1) is 12.4 Å². The summed E-state index contributed by atoms with van der Waals surface area (Å²) < 4.78 is 0. The maximum absolute atomic E-state index is 13.0. The SMILES string of the molecule is CN1CCC(C(=O)Nc2ccc(N3C(=O)CC(=O)Nc4c3ccc3ccccc43)cc2)CC1.Cl. The van der Waals surface area contributed by atoms with E-state index in [1.54, 1.807) is 29.2 Å². The lowest BCUT2D eigenvalue weighted by molar-refractivity contribution is -0.124. The van der Waals surface area contributed by atoms with Crippen LogP contribution in [0.4, 0.5) is 22.7 Å². The highest BCUT2D eigenvalue weighted by molar-refractivity contribution is 6.21. The fourth-order valence-electron chi connectivity index (χ4n) is 4.60. The third kappa shape index (κ3) is 4.62. The number of hydrogen-bond acceptors (Lipinski definition) is 4. The predicted molar refractivity (Wildman–Crippen MR) is 137 cm³/mol. The monoisotopic (exact) mass is 478 g/mol. The molecule has 7 nitrogen and oxygen atoms in total. The van der Waals surface area contributed by atoms with E-state index in [4.69, 9.17) is 0 Å². The van der Waals surface area contributed by atoms with Crippen molar-refractivity contribution in [3.63, 3.8) is 0 Å². The molecule has 5 rings (SSSR count). The van der Waals surface area contributed by atoms with Crippen molar-refractivity contribution in [2.24, 2.45) is 5.92 Å². The molecule has 0 spiro atoms. The number of benzene rings is 3. The van der Waals surface area contributed by atoms with Gasteiger partial charge in [0.05, 0.1) is 11.4 Å². The number of halogens is 1. The van der Waals surface area contributed by atoms with Crippen LogP contribution in [0.2, 0.25) is 0 Å². The van der Waals surface area contributed by atoms with Crippen LogP contribution in [0.15, 0.2) is 60.7 Å². The Morgan fingerprint density at radius 2 is 1.68 bits per heavy atom. The summed E-state index contributed by atoms with van der Waals surface area (Å²) in [5.41, 5.74) is 2.60. The minimum atomic E-state index is -0.331. The quantitative estimate of drug-likeness (QED) is 0.541. The molecule has 0 aromatic heterocycles. The van der Waals surface area contributed by atoms with E-state index in [1.807, 2.05) is 36.4 Å². The predicted octanol–water partition coefficient (Wildman–Crippen LogP) is 4.55. The first kappa shape index (κ1) is 23.7. The number of anilines is 4. The second-order valence-electron chi connectivity index (χ2n) is 8.75. The van der Waals surface area contributed by atoms with Crippen LogP contribution in [0.1, 0.15) is 19.3 Å². The molecule has 0 unspecified atom stereocenters. The van der Waals surface area contributed by atoms with Crippen LogP contribution in [-0.2, 0) is 14.4 Å². The first-order valence-electron chi connectivity index (χ1n) is 11.2. The van der Waals surface area contributed by atoms with Gasteiger partial charge in [-0.3, -0.25) is 19.3 Å². The normalized spacial score (nSPS) is 16.9. The molecule has 2 aliphatic rings. The van der Waals surface area contributed by atoms with E-state index in [0.717, 1.165) is 36.7 Å². The van der Waals surface area contributed by atoms with Crippen molar-refractivity contribution in [2.45, 2.75) is 19.3 Å². The van der Waals surface area contributed by atoms with E-state index in [9.17, 15) is 14.4 Å². The van der Waals surface area contributed by atoms with Gasteiger partial charge >= 0.3 is 0 Å². The zero-order valence-corrected chi connectivity index (χ0v) is 19.7. The van der Waals surface area contributed by atoms with Gasteiger partial charge in [-0.2, -0.15) is 0 Å². The summed E-state index contributed by atoms with van der Waals surface area (Å²) >= 11 is 0. The molecule has 0 saturated carbocycles. The molecule has 0 aliphatic carbocycles. The van der Waals surface area contributed by atoms with Crippen LogP contribution < -0.4 is 15.5 Å². The second kappa shape index (κ2) is 9.83. The Hall–Kier alpha value is -3.42. The molecule has 1 saturated heterocycles. The number of likely N-dealkylation sites (tertiary alicyclic amines) is 1. The van der Waals surface area contributed by atoms with Crippen molar-refractivity contribution in [3.8, 4) is 0 Å². The largest absolute Gasteiger partial charge is 0.326 e. The lowest BCUT2D eigenvalue weighted by Crippen LogP contribution is -2.35. The third-order valence-corrected chi connectivity index (χ3v) is 6.46. The topological polar surface area (TPSA) is 81.8 Å². The Bertz CT molecular complexity index is 1240. The average molecular weight is 479 g/mol. The van der Waals surface area contributed by atoms with Crippen LogP contribution >= 0.6 is 12.4 Å². The number of nitrogens with zero attached hydrogens (tertiary/aromatic N) is 2. The third-order valence-electron chi connectivity index (χ3n) is 6.46. The summed E-state index contributed by atoms with van der Waals surface area (Å²) in [5, 5.41) is 7.78. The standard InChI is InChI=1S/C26H26N4O3.ClH/c1-29-14-12-18(13-15-29)26(33)27-19-7-9-20(10-8-19)30-22-11-6-17-4-2-3-5-21(17)25(22)28-23(31)16-24(30)32;/h2-11,18H,12-16H2,1H3,(H,27,33)(H,28,31);1H. The second-order valence-corrected chi connectivity index (χ2v) is 8.75. The lowest BCUT2D eigenvalue weighted by atomic mass is 9.96. The maximum Gasteiger partial charge on any atom is 0.241 e. The number of amides is 3. The molecule has 3 aromatic carbocycles. The molecule has 2 heterocycles. The molecule has 2 N–H and O–H groups in total. The molecule has 0 atom stereocenters. The van der Waals surface area contributed by atoms with Gasteiger partial charge in [0, 0.05) is 22.7 Å². The molecule has 3 aromatic rings. The summed E-state index contributed by atoms with van der Waals surface area (Å²) in [6.45, 7) is 1.85. The van der Waals surface area contributed by atoms with Gasteiger partial charge in [-0.25, -0.2) is 0 Å². The van der Waals surface area contributed by atoms with Crippen LogP contribution in [0, 0.1) is 5.92 Å². The molecule has 0 bridgehead atoms. The van der Waals surface area contributed by atoms with E-state index in [2.05, 4.69) is 22.6 Å². The van der Waals surface area contributed by atoms with Crippen LogP contribution in [0.5, 0.6) is 0 Å². The summed E-state index contributed by atoms with van der Waals surface area (Å²) in [6.07, 6.45) is 1.47. The molecule has 2 aliphatic heterocycles. The van der Waals surface area contributed by atoms with Crippen molar-refractivity contribution < 1.29 is 14.4 Å². The Labute approximate surface area is 204 Å². The molecule has 1 fully saturated rings. The van der Waals surface area contributed by atoms with Crippen molar-refractivity contribution in [1.82, 2.24) is 4.90 Å². The van der Waals surface area contributed by atoms with Crippen LogP contribution in [-0.4, -0.2) is 42.8 Å². The Morgan fingerprint density at radius 1 is 0.971 bits per heavy atom. The molecular formula is C26H27ClN4O3. The number of rotatable bonds is 3. The summed E-state index contributed by atoms with van der Waals surface area (Å²) in [7, 11) is 2.07.